The maximum atomic E-state index is 12.0. The first-order valence-electron chi connectivity index (χ1n) is 6.14. The third kappa shape index (κ3) is 1.92. The van der Waals surface area contributed by atoms with Crippen LogP contribution in [0.3, 0.4) is 0 Å². The van der Waals surface area contributed by atoms with Crippen molar-refractivity contribution in [3.05, 3.63) is 30.3 Å². The minimum absolute atomic E-state index is 0.0426. The van der Waals surface area contributed by atoms with Crippen LogP contribution in [0.2, 0.25) is 4.82 Å². The Morgan fingerprint density at radius 3 is 2.88 bits per heavy atom. The Morgan fingerprint density at radius 1 is 1.35 bits per heavy atom. The average Bonchev–Trinajstić information content (AvgIpc) is 2.77. The molecule has 3 heteroatoms. The monoisotopic (exact) mass is 296 g/mol. The summed E-state index contributed by atoms with van der Waals surface area (Å²) in [5, 5.41) is 0. The molecule has 1 aromatic carbocycles. The molecule has 17 heavy (non-hydrogen) atoms. The Labute approximate surface area is 108 Å². The first-order valence-corrected chi connectivity index (χ1v) is 7.98. The molecule has 0 radical (unpaired) electrons. The van der Waals surface area contributed by atoms with Gasteiger partial charge >= 0.3 is 108 Å². The van der Waals surface area contributed by atoms with Crippen LogP contribution >= 0.6 is 0 Å². The van der Waals surface area contributed by atoms with Gasteiger partial charge in [0.05, 0.1) is 0 Å². The molecule has 0 bridgehead atoms. The van der Waals surface area contributed by atoms with E-state index >= 15 is 0 Å². The van der Waals surface area contributed by atoms with E-state index < -0.39 is 0 Å². The van der Waals surface area contributed by atoms with E-state index in [-0.39, 0.29) is 31.3 Å². The Balaban J connectivity index is 1.82. The summed E-state index contributed by atoms with van der Waals surface area (Å²) in [4.78, 5) is 12.1. The van der Waals surface area contributed by atoms with Crippen molar-refractivity contribution < 1.29 is 9.53 Å². The summed E-state index contributed by atoms with van der Waals surface area (Å²) in [5.74, 6) is 0.497. The van der Waals surface area contributed by atoms with Gasteiger partial charge in [-0.3, -0.25) is 0 Å². The van der Waals surface area contributed by atoms with Crippen LogP contribution < -0.4 is 4.46 Å². The van der Waals surface area contributed by atoms with Gasteiger partial charge in [0, 0.05) is 0 Å². The molecule has 0 N–H and O–H groups in total. The molecule has 2 aliphatic rings. The number of esters is 1. The summed E-state index contributed by atoms with van der Waals surface area (Å²) >= 11 is 0.213. The van der Waals surface area contributed by atoms with Gasteiger partial charge in [-0.05, 0) is 0 Å². The Bertz CT molecular complexity index is 431. The van der Waals surface area contributed by atoms with Gasteiger partial charge < -0.3 is 0 Å². The van der Waals surface area contributed by atoms with E-state index in [0.717, 1.165) is 12.8 Å². The summed E-state index contributed by atoms with van der Waals surface area (Å²) in [6, 6.07) is 10.4. The van der Waals surface area contributed by atoms with Crippen LogP contribution in [0.5, 0.6) is 0 Å². The number of ether oxygens (including phenoxy) is 1. The maximum absolute atomic E-state index is 12.0. The molecule has 2 fully saturated rings. The van der Waals surface area contributed by atoms with Crippen LogP contribution in [-0.2, 0) is 9.53 Å². The molecule has 0 amide bonds. The fourth-order valence-corrected chi connectivity index (χ4v) is 5.80. The van der Waals surface area contributed by atoms with Crippen LogP contribution in [0, 0.1) is 5.92 Å². The molecular formula is C14H16O2Se. The zero-order chi connectivity index (χ0) is 11.9. The zero-order valence-corrected chi connectivity index (χ0v) is 11.6. The van der Waals surface area contributed by atoms with Gasteiger partial charge in [-0.25, -0.2) is 0 Å². The molecule has 0 spiro atoms. The molecule has 0 aromatic heterocycles. The summed E-state index contributed by atoms with van der Waals surface area (Å²) < 4.78 is 6.94. The predicted molar refractivity (Wildman–Crippen MR) is 67.4 cm³/mol. The Kier molecular flexibility index (Phi) is 2.76. The quantitative estimate of drug-likeness (QED) is 0.615. The summed E-state index contributed by atoms with van der Waals surface area (Å²) in [6.45, 7) is 2.11. The zero-order valence-electron chi connectivity index (χ0n) is 9.89. The predicted octanol–water partition coefficient (Wildman–Crippen LogP) is 1.92. The molecule has 90 valence electrons. The molecule has 1 aromatic rings. The van der Waals surface area contributed by atoms with Gasteiger partial charge in [0.2, 0.25) is 0 Å². The van der Waals surface area contributed by atoms with Crippen molar-refractivity contribution in [3.63, 3.8) is 0 Å². The van der Waals surface area contributed by atoms with E-state index in [0.29, 0.717) is 5.92 Å². The summed E-state index contributed by atoms with van der Waals surface area (Å²) in [5.41, 5.74) is -0.154. The van der Waals surface area contributed by atoms with Crippen molar-refractivity contribution >= 4 is 25.4 Å². The van der Waals surface area contributed by atoms with Gasteiger partial charge in [0.1, 0.15) is 0 Å². The third-order valence-electron chi connectivity index (χ3n) is 3.91. The molecule has 1 saturated heterocycles. The van der Waals surface area contributed by atoms with E-state index in [1.54, 1.807) is 0 Å². The van der Waals surface area contributed by atoms with Crippen LogP contribution in [0.25, 0.3) is 0 Å². The molecule has 1 heterocycles. The van der Waals surface area contributed by atoms with E-state index in [1.165, 1.54) is 10.9 Å². The van der Waals surface area contributed by atoms with Crippen molar-refractivity contribution in [1.29, 1.82) is 0 Å². The first-order chi connectivity index (χ1) is 8.19. The summed E-state index contributed by atoms with van der Waals surface area (Å²) in [7, 11) is 0. The molecule has 1 saturated carbocycles. The number of benzene rings is 1. The van der Waals surface area contributed by atoms with E-state index in [9.17, 15) is 4.79 Å². The van der Waals surface area contributed by atoms with Gasteiger partial charge in [-0.2, -0.15) is 0 Å². The van der Waals surface area contributed by atoms with Crippen molar-refractivity contribution in [2.75, 3.05) is 0 Å². The van der Waals surface area contributed by atoms with Crippen molar-refractivity contribution in [2.45, 2.75) is 36.6 Å². The number of hydrogen-bond acceptors (Lipinski definition) is 2. The van der Waals surface area contributed by atoms with Crippen LogP contribution in [0.4, 0.5) is 0 Å². The minimum atomic E-state index is -0.154. The first kappa shape index (κ1) is 11.3. The number of carbonyl (C=O) groups excluding carboxylic acids is 1. The van der Waals surface area contributed by atoms with Gasteiger partial charge in [-0.15, -0.1) is 0 Å². The standard InChI is InChI=1S/C14H16O2Se/c1-14-9-5-8-11(14)12(13(15)16-14)17-10-6-3-2-4-7-10/h2-4,6-7,11-12H,5,8-9H2,1H3. The molecule has 3 atom stereocenters. The third-order valence-corrected chi connectivity index (χ3v) is 6.68. The fraction of sp³-hybridized carbons (Fsp3) is 0.500. The topological polar surface area (TPSA) is 26.3 Å². The number of fused-ring (bicyclic) bond motifs is 1. The second kappa shape index (κ2) is 4.15. The van der Waals surface area contributed by atoms with Crippen molar-refractivity contribution in [1.82, 2.24) is 0 Å². The molecule has 3 rings (SSSR count). The van der Waals surface area contributed by atoms with Crippen LogP contribution in [-0.4, -0.2) is 26.5 Å². The Morgan fingerprint density at radius 2 is 2.12 bits per heavy atom. The van der Waals surface area contributed by atoms with Crippen LogP contribution in [0.15, 0.2) is 30.3 Å². The normalized spacial score (nSPS) is 35.7. The number of carbonyl (C=O) groups is 1. The second-order valence-electron chi connectivity index (χ2n) is 5.08. The second-order valence-corrected chi connectivity index (χ2v) is 7.63. The number of rotatable bonds is 2. The van der Waals surface area contributed by atoms with Crippen molar-refractivity contribution in [2.24, 2.45) is 5.92 Å². The van der Waals surface area contributed by atoms with Gasteiger partial charge in [0.15, 0.2) is 0 Å². The van der Waals surface area contributed by atoms with Crippen LogP contribution in [0.1, 0.15) is 26.2 Å². The SMILES string of the molecule is CC12CCCC1C([Se]c1ccccc1)C(=O)O2. The van der Waals surface area contributed by atoms with Gasteiger partial charge in [-0.1, -0.05) is 0 Å². The molecule has 3 unspecified atom stereocenters. The van der Waals surface area contributed by atoms with Gasteiger partial charge in [0.25, 0.3) is 0 Å². The molecular weight excluding hydrogens is 279 g/mol. The molecule has 1 aliphatic carbocycles. The fourth-order valence-electron chi connectivity index (χ4n) is 2.99. The number of hydrogen-bond donors (Lipinski definition) is 0. The van der Waals surface area contributed by atoms with E-state index in [2.05, 4.69) is 19.1 Å². The molecule has 2 nitrogen and oxygen atoms in total. The molecule has 1 aliphatic heterocycles. The summed E-state index contributed by atoms with van der Waals surface area (Å²) in [6.07, 6.45) is 3.40. The van der Waals surface area contributed by atoms with Crippen molar-refractivity contribution in [3.8, 4) is 0 Å². The Hall–Kier alpha value is -0.791. The average molecular weight is 295 g/mol. The van der Waals surface area contributed by atoms with E-state index in [1.807, 2.05) is 18.2 Å². The van der Waals surface area contributed by atoms with E-state index in [4.69, 9.17) is 4.74 Å².